The highest BCUT2D eigenvalue weighted by Gasteiger charge is 2.48. The highest BCUT2D eigenvalue weighted by atomic mass is 35.5. The number of ketones is 2. The van der Waals surface area contributed by atoms with E-state index in [2.05, 4.69) is 55.7 Å². The lowest BCUT2D eigenvalue weighted by molar-refractivity contribution is -0.147. The van der Waals surface area contributed by atoms with Gasteiger partial charge in [-0.05, 0) is 74.0 Å². The molecule has 0 aromatic carbocycles. The molecule has 8 N–H and O–H groups in total. The van der Waals surface area contributed by atoms with Crippen molar-refractivity contribution < 1.29 is 78.0 Å². The van der Waals surface area contributed by atoms with Crippen molar-refractivity contribution in [2.45, 2.75) is 216 Å². The standard InChI is InChI=1S/C31H50ClF3N6O7S.C31H53ClN6O7S/c1-7-15-36-27(44)25(42)21(13-14-31(33,34)35)37-26(43)22-16-20(32)17-41(22)28(45)24(19-11-9-8-10-12-19)39-29(46)38-23(30(2,3)4)18-40(5)49(6,47)48;1-8-13-22(26(39)28(41)33-16-9-2)34-27(40)23-17-21(32)18-38(23)29(42)25(20-14-11-10-12-15-20)36-30(43)35-24(31(3,4)5)19-37(6)46(7,44)45/h7,19-24H,1,8-18H2,2-6H3,(H,36,44)(H,37,43)(H2,38,39,46);9,20-25H,2,8,10-19H2,1,3-7H3,(H,33,41)(H,34,40)(H2,35,36,43)/t20-,21?,22+,23-,24+;21-,22?,23+,24-,25+/m11/s1. The van der Waals surface area contributed by atoms with E-state index in [9.17, 15) is 78.0 Å². The van der Waals surface area contributed by atoms with Crippen LogP contribution in [-0.4, -0.2) is 225 Å². The third-order valence-electron chi connectivity index (χ3n) is 17.6. The summed E-state index contributed by atoms with van der Waals surface area (Å²) in [6.07, 6.45) is 6.52. The Bertz CT molecular complexity index is 2930. The molecule has 2 saturated carbocycles. The lowest BCUT2D eigenvalue weighted by atomic mass is 9.83. The van der Waals surface area contributed by atoms with Gasteiger partial charge in [0, 0.05) is 71.9 Å². The van der Waals surface area contributed by atoms with E-state index in [1.165, 1.54) is 35.5 Å². The summed E-state index contributed by atoms with van der Waals surface area (Å²) in [6.45, 7) is 19.8. The molecular weight excluding hydrogens is 1330 g/mol. The number of rotatable bonds is 30. The molecule has 2 aliphatic heterocycles. The number of sulfonamides is 2. The van der Waals surface area contributed by atoms with E-state index < -0.39 is 168 Å². The molecule has 2 aliphatic carbocycles. The van der Waals surface area contributed by atoms with Crippen LogP contribution in [0.3, 0.4) is 0 Å². The van der Waals surface area contributed by atoms with Gasteiger partial charge in [-0.15, -0.1) is 36.4 Å². The van der Waals surface area contributed by atoms with Crippen LogP contribution in [0.25, 0.3) is 0 Å². The van der Waals surface area contributed by atoms with Crippen molar-refractivity contribution in [2.75, 3.05) is 65.9 Å². The van der Waals surface area contributed by atoms with Gasteiger partial charge in [-0.2, -0.15) is 13.2 Å². The molecule has 0 aromatic heterocycles. The van der Waals surface area contributed by atoms with Gasteiger partial charge in [0.25, 0.3) is 11.8 Å². The summed E-state index contributed by atoms with van der Waals surface area (Å²) in [5.41, 5.74) is -1.10. The van der Waals surface area contributed by atoms with Crippen LogP contribution in [0, 0.1) is 22.7 Å². The van der Waals surface area contributed by atoms with Crippen molar-refractivity contribution in [3.63, 3.8) is 0 Å². The predicted octanol–water partition coefficient (Wildman–Crippen LogP) is 4.35. The van der Waals surface area contributed by atoms with E-state index in [4.69, 9.17) is 23.2 Å². The summed E-state index contributed by atoms with van der Waals surface area (Å²) in [6, 6.07) is -9.86. The summed E-state index contributed by atoms with van der Waals surface area (Å²) in [5.74, 6) is -7.25. The van der Waals surface area contributed by atoms with E-state index >= 15 is 0 Å². The predicted molar refractivity (Wildman–Crippen MR) is 355 cm³/mol. The van der Waals surface area contributed by atoms with Crippen molar-refractivity contribution in [1.82, 2.24) is 60.9 Å². The minimum absolute atomic E-state index is 0.0311. The normalized spacial score (nSPS) is 21.1. The maximum atomic E-state index is 14.2. The fraction of sp³-hybridized carbons (Fsp3) is 0.774. The van der Waals surface area contributed by atoms with Gasteiger partial charge >= 0.3 is 18.2 Å². The second kappa shape index (κ2) is 37.4. The first-order chi connectivity index (χ1) is 43.9. The third kappa shape index (κ3) is 27.3. The van der Waals surface area contributed by atoms with Gasteiger partial charge in [-0.3, -0.25) is 38.4 Å². The van der Waals surface area contributed by atoms with Crippen molar-refractivity contribution in [3.05, 3.63) is 25.3 Å². The molecule has 4 aliphatic rings. The van der Waals surface area contributed by atoms with E-state index in [1.54, 1.807) is 0 Å². The average Bonchev–Trinajstić information content (AvgIpc) is 1.71. The molecule has 0 bridgehead atoms. The van der Waals surface area contributed by atoms with E-state index in [1.807, 2.05) is 48.5 Å². The van der Waals surface area contributed by atoms with E-state index in [0.29, 0.717) is 32.1 Å². The highest BCUT2D eigenvalue weighted by molar-refractivity contribution is 7.88. The molecule has 4 rings (SSSR count). The van der Waals surface area contributed by atoms with Crippen LogP contribution >= 0.6 is 23.2 Å². The number of hydrogen-bond acceptors (Lipinski definition) is 14. The Morgan fingerprint density at radius 1 is 0.558 bits per heavy atom. The topological polar surface area (TPSA) is 348 Å². The van der Waals surface area contributed by atoms with Gasteiger partial charge in [-0.1, -0.05) is 106 Å². The van der Waals surface area contributed by atoms with E-state index in [0.717, 1.165) is 60.2 Å². The number of likely N-dealkylation sites (N-methyl/N-ethyl adjacent to an activating group) is 2. The quantitative estimate of drug-likeness (QED) is 0.0282. The van der Waals surface area contributed by atoms with Crippen LogP contribution in [0.4, 0.5) is 22.8 Å². The Hall–Kier alpha value is -5.63. The van der Waals surface area contributed by atoms with Gasteiger partial charge < -0.3 is 52.3 Å². The number of hydrogen-bond donors (Lipinski definition) is 8. The smallest absolute Gasteiger partial charge is 0.346 e. The number of likely N-dealkylation sites (tertiary alicyclic amines) is 2. The van der Waals surface area contributed by atoms with Crippen LogP contribution in [0.2, 0.25) is 0 Å². The van der Waals surface area contributed by atoms with Gasteiger partial charge in [-0.25, -0.2) is 35.0 Å². The molecule has 0 aromatic rings. The summed E-state index contributed by atoms with van der Waals surface area (Å²) < 4.78 is 89.9. The summed E-state index contributed by atoms with van der Waals surface area (Å²) in [4.78, 5) is 135. The molecule has 0 spiro atoms. The Kier molecular flexibility index (Phi) is 32.9. The second-order valence-electron chi connectivity index (χ2n) is 27.4. The Morgan fingerprint density at radius 2 is 0.895 bits per heavy atom. The lowest BCUT2D eigenvalue weighted by Gasteiger charge is -2.37. The SMILES string of the molecule is C=CCNC(=O)C(=O)C(CCC(F)(F)F)NC(=O)[C@@H]1C[C@@H](Cl)CN1C(=O)[C@@H](NC(=O)N[C@H](CN(C)S(C)(=O)=O)C(C)(C)C)C1CCCCC1.C=CCNC(=O)C(=O)C(CCC)NC(=O)[C@@H]1C[C@@H](Cl)CN1C(=O)[C@@H](NC(=O)N[C@H](CN(C)S(C)(=O)=O)C(C)(C)C)C1CCCCC1. The molecule has 10 atom stereocenters. The molecule has 0 radical (unpaired) electrons. The van der Waals surface area contributed by atoms with Gasteiger partial charge in [0.2, 0.25) is 55.2 Å². The summed E-state index contributed by atoms with van der Waals surface area (Å²) in [5, 5.41) is 19.6. The third-order valence-corrected chi connectivity index (χ3v) is 20.7. The number of urea groups is 2. The Morgan fingerprint density at radius 3 is 1.19 bits per heavy atom. The fourth-order valence-corrected chi connectivity index (χ4v) is 13.1. The number of nitrogens with zero attached hydrogens (tertiary/aromatic N) is 4. The summed E-state index contributed by atoms with van der Waals surface area (Å²) in [7, 11) is -4.24. The molecule has 33 heteroatoms. The van der Waals surface area contributed by atoms with Crippen LogP contribution < -0.4 is 42.5 Å². The highest BCUT2D eigenvalue weighted by Crippen LogP contribution is 2.34. The zero-order valence-electron chi connectivity index (χ0n) is 56.8. The molecule has 542 valence electrons. The van der Waals surface area contributed by atoms with Gasteiger partial charge in [0.1, 0.15) is 24.2 Å². The van der Waals surface area contributed by atoms with E-state index in [-0.39, 0.29) is 70.4 Å². The molecule has 2 heterocycles. The van der Waals surface area contributed by atoms with Crippen LogP contribution in [-0.2, 0) is 58.4 Å². The first-order valence-electron chi connectivity index (χ1n) is 32.3. The zero-order chi connectivity index (χ0) is 72.1. The average molecular weight is 1430 g/mol. The van der Waals surface area contributed by atoms with Gasteiger partial charge in [0.05, 0.1) is 35.3 Å². The largest absolute Gasteiger partial charge is 0.389 e. The number of nitrogens with one attached hydrogen (secondary N) is 8. The molecule has 10 amide bonds. The van der Waals surface area contributed by atoms with Crippen LogP contribution in [0.1, 0.15) is 151 Å². The monoisotopic (exact) mass is 1430 g/mol. The number of alkyl halides is 5. The number of carbonyl (C=O) groups excluding carboxylic acids is 10. The Balaban J connectivity index is 0.000000496. The maximum Gasteiger partial charge on any atom is 0.389 e. The number of Topliss-reactive ketones (excluding diaryl/α,β-unsaturated/α-hetero) is 2. The summed E-state index contributed by atoms with van der Waals surface area (Å²) >= 11 is 12.9. The number of halogens is 5. The minimum Gasteiger partial charge on any atom is -0.346 e. The molecule has 2 unspecified atom stereocenters. The van der Waals surface area contributed by atoms with Crippen molar-refractivity contribution in [2.24, 2.45) is 22.7 Å². The van der Waals surface area contributed by atoms with Crippen molar-refractivity contribution >= 4 is 102 Å². The molecule has 4 fully saturated rings. The minimum atomic E-state index is -4.68. The fourth-order valence-electron chi connectivity index (χ4n) is 11.6. The maximum absolute atomic E-state index is 14.2. The first kappa shape index (κ1) is 83.6. The number of carbonyl (C=O) groups is 10. The first-order valence-corrected chi connectivity index (χ1v) is 36.9. The number of amides is 10. The molecule has 2 saturated heterocycles. The van der Waals surface area contributed by atoms with Crippen molar-refractivity contribution in [1.29, 1.82) is 0 Å². The Labute approximate surface area is 568 Å². The van der Waals surface area contributed by atoms with Gasteiger partial charge in [0.15, 0.2) is 0 Å². The van der Waals surface area contributed by atoms with Crippen LogP contribution in [0.15, 0.2) is 25.3 Å². The lowest BCUT2D eigenvalue weighted by Crippen LogP contribution is -2.60. The molecule has 26 nitrogen and oxygen atoms in total. The molecule has 95 heavy (non-hydrogen) atoms. The second-order valence-corrected chi connectivity index (χ2v) is 32.8. The van der Waals surface area contributed by atoms with Crippen molar-refractivity contribution in [3.8, 4) is 0 Å². The molecular formula is C62H103Cl2F3N12O14S2. The zero-order valence-corrected chi connectivity index (χ0v) is 59.9. The van der Waals surface area contributed by atoms with Crippen LogP contribution in [0.5, 0.6) is 0 Å².